The molecule has 1 aliphatic rings. The second-order valence-electron chi connectivity index (χ2n) is 7.09. The summed E-state index contributed by atoms with van der Waals surface area (Å²) in [7, 11) is 0. The first-order valence-corrected chi connectivity index (χ1v) is 8.95. The molecular weight excluding hydrogens is 326 g/mol. The highest BCUT2D eigenvalue weighted by molar-refractivity contribution is 6.21. The molecule has 5 heteroatoms. The van der Waals surface area contributed by atoms with E-state index in [4.69, 9.17) is 4.98 Å². The first-order valence-electron chi connectivity index (χ1n) is 8.95. The number of aryl methyl sites for hydroxylation is 1. The Labute approximate surface area is 152 Å². The Morgan fingerprint density at radius 3 is 2.19 bits per heavy atom. The van der Waals surface area contributed by atoms with Gasteiger partial charge in [-0.25, -0.2) is 4.98 Å². The smallest absolute Gasteiger partial charge is 0.261 e. The predicted octanol–water partition coefficient (Wildman–Crippen LogP) is 3.88. The molecule has 0 saturated heterocycles. The number of benzene rings is 2. The van der Waals surface area contributed by atoms with Crippen LogP contribution in [0.2, 0.25) is 0 Å². The Kier molecular flexibility index (Phi) is 4.07. The normalized spacial score (nSPS) is 13.9. The average molecular weight is 347 g/mol. The van der Waals surface area contributed by atoms with Crippen LogP contribution >= 0.6 is 0 Å². The molecule has 0 atom stereocenters. The van der Waals surface area contributed by atoms with Crippen molar-refractivity contribution in [2.45, 2.75) is 33.4 Å². The highest BCUT2D eigenvalue weighted by atomic mass is 16.2. The number of nitrogens with zero attached hydrogens (tertiary/aromatic N) is 3. The van der Waals surface area contributed by atoms with E-state index >= 15 is 0 Å². The van der Waals surface area contributed by atoms with Crippen molar-refractivity contribution in [3.63, 3.8) is 0 Å². The van der Waals surface area contributed by atoms with Crippen LogP contribution in [0.15, 0.2) is 48.5 Å². The first kappa shape index (κ1) is 16.5. The van der Waals surface area contributed by atoms with E-state index in [1.807, 2.05) is 24.3 Å². The minimum Gasteiger partial charge on any atom is -0.326 e. The summed E-state index contributed by atoms with van der Waals surface area (Å²) in [6.45, 7) is 5.38. The van der Waals surface area contributed by atoms with E-state index < -0.39 is 0 Å². The molecule has 132 valence electrons. The zero-order valence-corrected chi connectivity index (χ0v) is 15.0. The quantitative estimate of drug-likeness (QED) is 0.658. The summed E-state index contributed by atoms with van der Waals surface area (Å²) in [5.41, 5.74) is 2.88. The van der Waals surface area contributed by atoms with Crippen molar-refractivity contribution in [3.05, 3.63) is 65.5 Å². The second kappa shape index (κ2) is 6.41. The largest absolute Gasteiger partial charge is 0.326 e. The summed E-state index contributed by atoms with van der Waals surface area (Å²) in [5, 5.41) is 0. The van der Waals surface area contributed by atoms with Crippen LogP contribution in [-0.4, -0.2) is 26.3 Å². The van der Waals surface area contributed by atoms with Crippen LogP contribution in [-0.2, 0) is 13.1 Å². The van der Waals surface area contributed by atoms with Crippen LogP contribution in [0, 0.1) is 5.92 Å². The monoisotopic (exact) mass is 347 g/mol. The van der Waals surface area contributed by atoms with Crippen LogP contribution in [0.5, 0.6) is 0 Å². The van der Waals surface area contributed by atoms with Gasteiger partial charge in [0.1, 0.15) is 5.82 Å². The van der Waals surface area contributed by atoms with Gasteiger partial charge in [0.2, 0.25) is 0 Å². The van der Waals surface area contributed by atoms with Crippen molar-refractivity contribution in [3.8, 4) is 0 Å². The van der Waals surface area contributed by atoms with E-state index in [0.717, 1.165) is 29.8 Å². The van der Waals surface area contributed by atoms with Crippen molar-refractivity contribution in [1.82, 2.24) is 14.5 Å². The molecule has 0 aliphatic carbocycles. The molecule has 1 aliphatic heterocycles. The maximum absolute atomic E-state index is 12.7. The fourth-order valence-corrected chi connectivity index (χ4v) is 3.41. The maximum Gasteiger partial charge on any atom is 0.261 e. The topological polar surface area (TPSA) is 55.2 Å². The highest BCUT2D eigenvalue weighted by Crippen LogP contribution is 2.26. The molecule has 0 unspecified atom stereocenters. The molecule has 0 radical (unpaired) electrons. The molecular formula is C21H21N3O2. The number of fused-ring (bicyclic) bond motifs is 2. The molecule has 0 bridgehead atoms. The number of hydrogen-bond acceptors (Lipinski definition) is 3. The van der Waals surface area contributed by atoms with Crippen LogP contribution in [0.3, 0.4) is 0 Å². The van der Waals surface area contributed by atoms with E-state index in [1.54, 1.807) is 24.3 Å². The number of amides is 2. The Balaban J connectivity index is 1.70. The van der Waals surface area contributed by atoms with Crippen LogP contribution in [0.4, 0.5) is 0 Å². The summed E-state index contributed by atoms with van der Waals surface area (Å²) in [4.78, 5) is 31.4. The molecule has 0 spiro atoms. The third-order valence-electron chi connectivity index (χ3n) is 4.84. The van der Waals surface area contributed by atoms with E-state index in [-0.39, 0.29) is 18.4 Å². The maximum atomic E-state index is 12.7. The Hall–Kier alpha value is -2.95. The SMILES string of the molecule is CC(C)CCn1c(CN2C(=O)c3ccccc3C2=O)nc2ccccc21. The molecule has 2 amide bonds. The molecule has 2 aromatic carbocycles. The fraction of sp³-hybridized carbons (Fsp3) is 0.286. The molecule has 26 heavy (non-hydrogen) atoms. The standard InChI is InChI=1S/C21H21N3O2/c1-14(2)11-12-23-18-10-6-5-9-17(18)22-19(23)13-24-20(25)15-7-3-4-8-16(15)21(24)26/h3-10,14H,11-13H2,1-2H3. The van der Waals surface area contributed by atoms with Gasteiger partial charge in [0.05, 0.1) is 28.7 Å². The third kappa shape index (κ3) is 2.69. The number of aromatic nitrogens is 2. The minimum atomic E-state index is -0.243. The van der Waals surface area contributed by atoms with Crippen molar-refractivity contribution in [2.24, 2.45) is 5.92 Å². The third-order valence-corrected chi connectivity index (χ3v) is 4.84. The number of para-hydroxylation sites is 2. The van der Waals surface area contributed by atoms with Crippen LogP contribution in [0.1, 0.15) is 46.8 Å². The molecule has 5 nitrogen and oxygen atoms in total. The van der Waals surface area contributed by atoms with E-state index in [1.165, 1.54) is 4.90 Å². The lowest BCUT2D eigenvalue weighted by Crippen LogP contribution is -2.30. The summed E-state index contributed by atoms with van der Waals surface area (Å²) >= 11 is 0. The lowest BCUT2D eigenvalue weighted by molar-refractivity contribution is 0.0636. The van der Waals surface area contributed by atoms with Gasteiger partial charge in [-0.3, -0.25) is 14.5 Å². The van der Waals surface area contributed by atoms with Gasteiger partial charge in [-0.1, -0.05) is 38.1 Å². The molecule has 0 fully saturated rings. The van der Waals surface area contributed by atoms with Crippen molar-refractivity contribution >= 4 is 22.8 Å². The lowest BCUT2D eigenvalue weighted by atomic mass is 10.1. The average Bonchev–Trinajstić information content (AvgIpc) is 3.11. The van der Waals surface area contributed by atoms with Gasteiger partial charge in [-0.2, -0.15) is 0 Å². The first-order chi connectivity index (χ1) is 12.6. The zero-order chi connectivity index (χ0) is 18.3. The Morgan fingerprint density at radius 2 is 1.54 bits per heavy atom. The van der Waals surface area contributed by atoms with Gasteiger partial charge in [-0.05, 0) is 36.6 Å². The second-order valence-corrected chi connectivity index (χ2v) is 7.09. The molecule has 0 N–H and O–H groups in total. The van der Waals surface area contributed by atoms with Crippen LogP contribution < -0.4 is 0 Å². The fourth-order valence-electron chi connectivity index (χ4n) is 3.41. The molecule has 1 aromatic heterocycles. The predicted molar refractivity (Wildman–Crippen MR) is 99.8 cm³/mol. The Bertz CT molecular complexity index is 968. The van der Waals surface area contributed by atoms with Crippen molar-refractivity contribution < 1.29 is 9.59 Å². The molecule has 4 rings (SSSR count). The minimum absolute atomic E-state index is 0.194. The lowest BCUT2D eigenvalue weighted by Gasteiger charge is -2.16. The van der Waals surface area contributed by atoms with Crippen molar-refractivity contribution in [2.75, 3.05) is 0 Å². The summed E-state index contributed by atoms with van der Waals surface area (Å²) < 4.78 is 2.14. The van der Waals surface area contributed by atoms with E-state index in [9.17, 15) is 9.59 Å². The van der Waals surface area contributed by atoms with Gasteiger partial charge in [0.25, 0.3) is 11.8 Å². The number of carbonyl (C=O) groups is 2. The van der Waals surface area contributed by atoms with E-state index in [0.29, 0.717) is 17.0 Å². The molecule has 0 saturated carbocycles. The van der Waals surface area contributed by atoms with Gasteiger partial charge in [0, 0.05) is 6.54 Å². The summed E-state index contributed by atoms with van der Waals surface area (Å²) in [6.07, 6.45) is 1.01. The Morgan fingerprint density at radius 1 is 0.923 bits per heavy atom. The van der Waals surface area contributed by atoms with Gasteiger partial charge in [0.15, 0.2) is 0 Å². The molecule has 2 heterocycles. The number of imidazole rings is 1. The van der Waals surface area contributed by atoms with Gasteiger partial charge < -0.3 is 4.57 Å². The van der Waals surface area contributed by atoms with Crippen LogP contribution in [0.25, 0.3) is 11.0 Å². The molecule has 3 aromatic rings. The number of imide groups is 1. The van der Waals surface area contributed by atoms with E-state index in [2.05, 4.69) is 18.4 Å². The highest BCUT2D eigenvalue weighted by Gasteiger charge is 2.36. The number of carbonyl (C=O) groups excluding carboxylic acids is 2. The number of rotatable bonds is 5. The summed E-state index contributed by atoms with van der Waals surface area (Å²) in [5.74, 6) is 0.825. The zero-order valence-electron chi connectivity index (χ0n) is 15.0. The van der Waals surface area contributed by atoms with Gasteiger partial charge >= 0.3 is 0 Å². The number of hydrogen-bond donors (Lipinski definition) is 0. The van der Waals surface area contributed by atoms with Crippen molar-refractivity contribution in [1.29, 1.82) is 0 Å². The summed E-state index contributed by atoms with van der Waals surface area (Å²) in [6, 6.07) is 14.9. The van der Waals surface area contributed by atoms with Gasteiger partial charge in [-0.15, -0.1) is 0 Å².